The van der Waals surface area contributed by atoms with Crippen LogP contribution in [0.1, 0.15) is 57.5 Å². The van der Waals surface area contributed by atoms with Crippen LogP contribution in [-0.2, 0) is 27.5 Å². The average Bonchev–Trinajstić information content (AvgIpc) is 3.62. The molecule has 3 aliphatic rings. The third kappa shape index (κ3) is 8.93. The number of carbonyl (C=O) groups is 5. The van der Waals surface area contributed by atoms with Gasteiger partial charge < -0.3 is 14.2 Å². The van der Waals surface area contributed by atoms with E-state index in [4.69, 9.17) is 9.94 Å². The van der Waals surface area contributed by atoms with Crippen molar-refractivity contribution in [3.63, 3.8) is 0 Å². The second kappa shape index (κ2) is 17.5. The van der Waals surface area contributed by atoms with Gasteiger partial charge in [-0.2, -0.15) is 0 Å². The number of hydrogen-bond acceptors (Lipinski definition) is 10. The maximum absolute atomic E-state index is 13.5. The first-order valence-corrected chi connectivity index (χ1v) is 19.4. The molecule has 56 heavy (non-hydrogen) atoms. The van der Waals surface area contributed by atoms with E-state index >= 15 is 0 Å². The zero-order valence-electron chi connectivity index (χ0n) is 31.7. The Bertz CT molecular complexity index is 2080. The van der Waals surface area contributed by atoms with Gasteiger partial charge in [0.1, 0.15) is 18.4 Å². The number of piperazine rings is 1. The minimum atomic E-state index is -1.00. The summed E-state index contributed by atoms with van der Waals surface area (Å²) in [5, 5.41) is 12.2. The second-order valence-electron chi connectivity index (χ2n) is 15.0. The Morgan fingerprint density at radius 2 is 1.75 bits per heavy atom. The number of likely N-dealkylation sites (tertiary alicyclic amines) is 1. The Kier molecular flexibility index (Phi) is 12.1. The summed E-state index contributed by atoms with van der Waals surface area (Å²) < 4.78 is 8.18. The highest BCUT2D eigenvalue weighted by molar-refractivity contribution is 6.08. The zero-order chi connectivity index (χ0) is 39.2. The first-order valence-electron chi connectivity index (χ1n) is 19.4. The zero-order valence-corrected chi connectivity index (χ0v) is 31.7. The molecule has 294 valence electrons. The molecule has 0 radical (unpaired) electrons. The lowest BCUT2D eigenvalue weighted by Crippen LogP contribution is -2.54. The normalized spacial score (nSPS) is 18.5. The SMILES string of the molecule is Cc1ccc(N2CCN(CC3CCN(Cc4cccc(OCCn5ccc6ccc(C(=O)NO)cc65)c4)CC3)CC2)cc1C(=O)N(C=O)C1CCC(=O)NC1=O. The van der Waals surface area contributed by atoms with Crippen molar-refractivity contribution in [1.29, 1.82) is 0 Å². The number of piperidine rings is 2. The molecule has 0 bridgehead atoms. The number of aryl methyl sites for hydroxylation is 1. The van der Waals surface area contributed by atoms with Gasteiger partial charge in [-0.25, -0.2) is 5.48 Å². The van der Waals surface area contributed by atoms with Gasteiger partial charge in [-0.15, -0.1) is 0 Å². The summed E-state index contributed by atoms with van der Waals surface area (Å²) in [6.07, 6.45) is 4.86. The topological polar surface area (TPSA) is 157 Å². The van der Waals surface area contributed by atoms with E-state index in [1.54, 1.807) is 17.6 Å². The number of anilines is 1. The van der Waals surface area contributed by atoms with Crippen molar-refractivity contribution in [3.8, 4) is 5.75 Å². The van der Waals surface area contributed by atoms with Crippen LogP contribution in [0.25, 0.3) is 10.9 Å². The molecule has 7 rings (SSSR count). The van der Waals surface area contributed by atoms with E-state index in [0.717, 1.165) is 98.0 Å². The number of ether oxygens (including phenoxy) is 1. The lowest BCUT2D eigenvalue weighted by Gasteiger charge is -2.39. The van der Waals surface area contributed by atoms with Gasteiger partial charge in [0, 0.05) is 74.2 Å². The predicted octanol–water partition coefficient (Wildman–Crippen LogP) is 3.59. The molecular formula is C42H49N7O7. The number of rotatable bonds is 13. The van der Waals surface area contributed by atoms with E-state index in [1.165, 1.54) is 5.56 Å². The molecule has 1 atom stereocenters. The molecule has 5 amide bonds. The van der Waals surface area contributed by atoms with Crippen LogP contribution in [0, 0.1) is 12.8 Å². The quantitative estimate of drug-likeness (QED) is 0.0797. The molecule has 0 aliphatic carbocycles. The maximum Gasteiger partial charge on any atom is 0.274 e. The summed E-state index contributed by atoms with van der Waals surface area (Å²) in [5.74, 6) is -0.636. The third-order valence-corrected chi connectivity index (χ3v) is 11.3. The van der Waals surface area contributed by atoms with Crippen LogP contribution in [0.2, 0.25) is 0 Å². The minimum absolute atomic E-state index is 0.0810. The third-order valence-electron chi connectivity index (χ3n) is 11.3. The van der Waals surface area contributed by atoms with Gasteiger partial charge in [-0.3, -0.25) is 49.2 Å². The monoisotopic (exact) mass is 763 g/mol. The molecular weight excluding hydrogens is 715 g/mol. The van der Waals surface area contributed by atoms with E-state index in [1.807, 2.05) is 60.2 Å². The summed E-state index contributed by atoms with van der Waals surface area (Å²) in [7, 11) is 0. The van der Waals surface area contributed by atoms with E-state index < -0.39 is 29.7 Å². The Hall–Kier alpha value is -5.57. The lowest BCUT2D eigenvalue weighted by molar-refractivity contribution is -0.139. The highest BCUT2D eigenvalue weighted by Crippen LogP contribution is 2.26. The van der Waals surface area contributed by atoms with Crippen molar-refractivity contribution < 1.29 is 33.9 Å². The molecule has 4 heterocycles. The second-order valence-corrected chi connectivity index (χ2v) is 15.0. The van der Waals surface area contributed by atoms with Gasteiger partial charge in [-0.05, 0) is 104 Å². The molecule has 3 N–H and O–H groups in total. The Balaban J connectivity index is 0.847. The van der Waals surface area contributed by atoms with Crippen molar-refractivity contribution >= 4 is 46.6 Å². The number of imide groups is 2. The number of benzene rings is 3. The largest absolute Gasteiger partial charge is 0.492 e. The van der Waals surface area contributed by atoms with Gasteiger partial charge in [0.25, 0.3) is 11.8 Å². The van der Waals surface area contributed by atoms with E-state index in [-0.39, 0.29) is 12.8 Å². The Morgan fingerprint density at radius 1 is 0.946 bits per heavy atom. The Morgan fingerprint density at radius 3 is 2.50 bits per heavy atom. The minimum Gasteiger partial charge on any atom is -0.492 e. The first kappa shape index (κ1) is 38.7. The maximum atomic E-state index is 13.5. The van der Waals surface area contributed by atoms with Crippen molar-refractivity contribution in [2.24, 2.45) is 5.92 Å². The van der Waals surface area contributed by atoms with Gasteiger partial charge in [0.2, 0.25) is 18.2 Å². The van der Waals surface area contributed by atoms with Crippen molar-refractivity contribution in [2.45, 2.75) is 51.7 Å². The van der Waals surface area contributed by atoms with Crippen LogP contribution in [-0.4, -0.2) is 113 Å². The van der Waals surface area contributed by atoms with Crippen molar-refractivity contribution in [1.82, 2.24) is 30.1 Å². The van der Waals surface area contributed by atoms with Crippen LogP contribution >= 0.6 is 0 Å². The van der Waals surface area contributed by atoms with Gasteiger partial charge in [-0.1, -0.05) is 24.3 Å². The average molecular weight is 764 g/mol. The number of aromatic nitrogens is 1. The molecule has 14 nitrogen and oxygen atoms in total. The molecule has 1 unspecified atom stereocenters. The number of amides is 5. The molecule has 3 saturated heterocycles. The molecule has 3 aliphatic heterocycles. The number of hydroxylamine groups is 1. The summed E-state index contributed by atoms with van der Waals surface area (Å²) in [6, 6.07) is 20.3. The Labute approximate surface area is 325 Å². The first-order chi connectivity index (χ1) is 27.2. The van der Waals surface area contributed by atoms with Gasteiger partial charge >= 0.3 is 0 Å². The number of hydrogen-bond donors (Lipinski definition) is 3. The predicted molar refractivity (Wildman–Crippen MR) is 209 cm³/mol. The fraction of sp³-hybridized carbons (Fsp3) is 0.405. The van der Waals surface area contributed by atoms with Crippen LogP contribution in [0.4, 0.5) is 5.69 Å². The van der Waals surface area contributed by atoms with E-state index in [0.29, 0.717) is 36.6 Å². The highest BCUT2D eigenvalue weighted by Gasteiger charge is 2.35. The lowest BCUT2D eigenvalue weighted by atomic mass is 9.95. The number of nitrogens with zero attached hydrogens (tertiary/aromatic N) is 5. The number of fused-ring (bicyclic) bond motifs is 1. The number of carbonyl (C=O) groups excluding carboxylic acids is 5. The molecule has 4 aromatic rings. The summed E-state index contributed by atoms with van der Waals surface area (Å²) in [4.78, 5) is 69.6. The molecule has 3 aromatic carbocycles. The smallest absolute Gasteiger partial charge is 0.274 e. The summed E-state index contributed by atoms with van der Waals surface area (Å²) in [5.41, 5.74) is 6.21. The van der Waals surface area contributed by atoms with E-state index in [9.17, 15) is 24.0 Å². The fourth-order valence-corrected chi connectivity index (χ4v) is 8.11. The van der Waals surface area contributed by atoms with Crippen LogP contribution in [0.3, 0.4) is 0 Å². The summed E-state index contributed by atoms with van der Waals surface area (Å²) >= 11 is 0. The fourth-order valence-electron chi connectivity index (χ4n) is 8.11. The molecule has 0 saturated carbocycles. The standard InChI is InChI=1S/C42H49N7O7/c1-29-5-8-34(25-36(29)42(54)49(28-50)37-9-10-39(51)43-41(37)53)47-19-17-46(18-20-47)26-30-11-14-45(15-12-30)27-31-3-2-4-35(23-31)56-22-21-48-16-13-32-6-7-33(24-38(32)48)40(52)44-55/h2-8,13,16,23-25,28,30,37,55H,9-12,14-15,17-22,26-27H2,1H3,(H,44,52)(H,43,51,53). The van der Waals surface area contributed by atoms with Crippen molar-refractivity contribution in [3.05, 3.63) is 95.2 Å². The number of nitrogens with one attached hydrogen (secondary N) is 2. The molecule has 0 spiro atoms. The van der Waals surface area contributed by atoms with E-state index in [2.05, 4.69) is 32.1 Å². The van der Waals surface area contributed by atoms with Gasteiger partial charge in [0.05, 0.1) is 6.54 Å². The van der Waals surface area contributed by atoms with Crippen LogP contribution < -0.4 is 20.4 Å². The summed E-state index contributed by atoms with van der Waals surface area (Å²) in [6.45, 7) is 10.4. The highest BCUT2D eigenvalue weighted by atomic mass is 16.5. The van der Waals surface area contributed by atoms with Crippen LogP contribution in [0.15, 0.2) is 72.9 Å². The van der Waals surface area contributed by atoms with Crippen LogP contribution in [0.5, 0.6) is 5.75 Å². The van der Waals surface area contributed by atoms with Gasteiger partial charge in [0.15, 0.2) is 0 Å². The van der Waals surface area contributed by atoms with Crippen molar-refractivity contribution in [2.75, 3.05) is 57.3 Å². The molecule has 3 fully saturated rings. The molecule has 14 heteroatoms. The molecule has 1 aromatic heterocycles.